The van der Waals surface area contributed by atoms with Gasteiger partial charge in [-0.3, -0.25) is 9.59 Å². The van der Waals surface area contributed by atoms with Crippen LogP contribution in [0.15, 0.2) is 24.3 Å². The van der Waals surface area contributed by atoms with Crippen molar-refractivity contribution in [2.75, 3.05) is 29.5 Å². The first-order valence-corrected chi connectivity index (χ1v) is 10.7. The second-order valence-electron chi connectivity index (χ2n) is 6.75. The van der Waals surface area contributed by atoms with Gasteiger partial charge in [-0.05, 0) is 43.5 Å². The Kier molecular flexibility index (Phi) is 5.13. The van der Waals surface area contributed by atoms with Gasteiger partial charge in [0.15, 0.2) is 9.84 Å². The van der Waals surface area contributed by atoms with Crippen LogP contribution in [0.3, 0.4) is 0 Å². The van der Waals surface area contributed by atoms with Gasteiger partial charge in [0.25, 0.3) is 5.91 Å². The van der Waals surface area contributed by atoms with Gasteiger partial charge < -0.3 is 9.80 Å². The molecule has 2 amide bonds. The highest BCUT2D eigenvalue weighted by molar-refractivity contribution is 7.91. The van der Waals surface area contributed by atoms with Gasteiger partial charge in [-0.25, -0.2) is 8.42 Å². The molecule has 1 aromatic rings. The molecule has 0 unspecified atom stereocenters. The molecule has 0 spiro atoms. The van der Waals surface area contributed by atoms with Crippen LogP contribution in [0.4, 0.5) is 5.69 Å². The van der Waals surface area contributed by atoms with E-state index in [1.165, 1.54) is 0 Å². The molecule has 25 heavy (non-hydrogen) atoms. The molecule has 6 nitrogen and oxygen atoms in total. The first-order chi connectivity index (χ1) is 11.9. The van der Waals surface area contributed by atoms with Gasteiger partial charge in [0.2, 0.25) is 5.91 Å². The van der Waals surface area contributed by atoms with Gasteiger partial charge in [0.05, 0.1) is 11.5 Å². The molecule has 0 bridgehead atoms. The Morgan fingerprint density at radius 1 is 1.28 bits per heavy atom. The monoisotopic (exact) mass is 364 g/mol. The number of hydrogen-bond donors (Lipinski definition) is 0. The lowest BCUT2D eigenvalue weighted by Crippen LogP contribution is -2.41. The van der Waals surface area contributed by atoms with Crippen LogP contribution in [0.2, 0.25) is 0 Å². The Bertz CT molecular complexity index is 758. The van der Waals surface area contributed by atoms with E-state index in [0.29, 0.717) is 31.5 Å². The minimum atomic E-state index is -3.04. The zero-order chi connectivity index (χ0) is 18.0. The van der Waals surface area contributed by atoms with Crippen molar-refractivity contribution in [3.63, 3.8) is 0 Å². The maximum atomic E-state index is 12.9. The maximum absolute atomic E-state index is 12.9. The predicted octanol–water partition coefficient (Wildman–Crippen LogP) is 1.85. The molecule has 0 radical (unpaired) electrons. The fourth-order valence-corrected chi connectivity index (χ4v) is 5.31. The highest BCUT2D eigenvalue weighted by Gasteiger charge is 2.34. The van der Waals surface area contributed by atoms with Crippen molar-refractivity contribution in [3.8, 4) is 0 Å². The second-order valence-corrected chi connectivity index (χ2v) is 8.98. The first kappa shape index (κ1) is 17.9. The molecule has 2 fully saturated rings. The topological polar surface area (TPSA) is 74.8 Å². The van der Waals surface area contributed by atoms with E-state index in [1.54, 1.807) is 34.1 Å². The van der Waals surface area contributed by atoms with Crippen molar-refractivity contribution in [1.29, 1.82) is 0 Å². The molecule has 3 rings (SSSR count). The zero-order valence-electron chi connectivity index (χ0n) is 14.5. The molecule has 2 heterocycles. The molecule has 0 aliphatic carbocycles. The van der Waals surface area contributed by atoms with E-state index in [-0.39, 0.29) is 29.4 Å². The Hall–Kier alpha value is -1.89. The highest BCUT2D eigenvalue weighted by Crippen LogP contribution is 2.24. The largest absolute Gasteiger partial charge is 0.335 e. The van der Waals surface area contributed by atoms with E-state index in [9.17, 15) is 18.0 Å². The molecular formula is C18H24N2O4S. The molecule has 2 saturated heterocycles. The van der Waals surface area contributed by atoms with Crippen molar-refractivity contribution in [3.05, 3.63) is 29.8 Å². The molecule has 0 N–H and O–H groups in total. The van der Waals surface area contributed by atoms with Crippen LogP contribution in [-0.4, -0.2) is 55.8 Å². The molecule has 0 aromatic heterocycles. The summed E-state index contributed by atoms with van der Waals surface area (Å²) in [6.45, 7) is 3.24. The molecular weight excluding hydrogens is 340 g/mol. The maximum Gasteiger partial charge on any atom is 0.254 e. The molecule has 1 aromatic carbocycles. The second kappa shape index (κ2) is 7.15. The fraction of sp³-hybridized carbons (Fsp3) is 0.556. The summed E-state index contributed by atoms with van der Waals surface area (Å²) in [6.07, 6.45) is 2.72. The number of carbonyl (C=O) groups is 2. The Balaban J connectivity index is 1.76. The SMILES string of the molecule is CCCN(C(=O)c1ccc(N2CCCC2=O)cc1)[C@H]1CCS(=O)(=O)C1. The Labute approximate surface area is 148 Å². The van der Waals surface area contributed by atoms with E-state index < -0.39 is 9.84 Å². The van der Waals surface area contributed by atoms with Gasteiger partial charge >= 0.3 is 0 Å². The van der Waals surface area contributed by atoms with Crippen molar-refractivity contribution in [2.45, 2.75) is 38.6 Å². The lowest BCUT2D eigenvalue weighted by molar-refractivity contribution is -0.117. The van der Waals surface area contributed by atoms with Crippen molar-refractivity contribution in [1.82, 2.24) is 4.90 Å². The number of carbonyl (C=O) groups excluding carboxylic acids is 2. The van der Waals surface area contributed by atoms with Crippen LogP contribution in [0, 0.1) is 0 Å². The predicted molar refractivity (Wildman–Crippen MR) is 96.4 cm³/mol. The van der Waals surface area contributed by atoms with E-state index in [2.05, 4.69) is 0 Å². The first-order valence-electron chi connectivity index (χ1n) is 8.83. The molecule has 2 aliphatic heterocycles. The summed E-state index contributed by atoms with van der Waals surface area (Å²) in [5.41, 5.74) is 1.35. The Morgan fingerprint density at radius 2 is 2.00 bits per heavy atom. The third kappa shape index (κ3) is 3.86. The number of benzene rings is 1. The highest BCUT2D eigenvalue weighted by atomic mass is 32.2. The fourth-order valence-electron chi connectivity index (χ4n) is 3.58. The van der Waals surface area contributed by atoms with Gasteiger partial charge in [-0.1, -0.05) is 6.92 Å². The number of nitrogens with zero attached hydrogens (tertiary/aromatic N) is 2. The van der Waals surface area contributed by atoms with Crippen LogP contribution in [0.5, 0.6) is 0 Å². The van der Waals surface area contributed by atoms with Crippen molar-refractivity contribution < 1.29 is 18.0 Å². The van der Waals surface area contributed by atoms with Crippen molar-refractivity contribution in [2.24, 2.45) is 0 Å². The van der Waals surface area contributed by atoms with Crippen LogP contribution < -0.4 is 4.90 Å². The average Bonchev–Trinajstić information content (AvgIpc) is 3.17. The number of amides is 2. The lowest BCUT2D eigenvalue weighted by Gasteiger charge is -2.28. The lowest BCUT2D eigenvalue weighted by atomic mass is 10.1. The summed E-state index contributed by atoms with van der Waals surface area (Å²) < 4.78 is 23.5. The number of anilines is 1. The average molecular weight is 364 g/mol. The van der Waals surface area contributed by atoms with Gasteiger partial charge in [0, 0.05) is 36.8 Å². The zero-order valence-corrected chi connectivity index (χ0v) is 15.3. The van der Waals surface area contributed by atoms with Gasteiger partial charge in [-0.2, -0.15) is 0 Å². The number of hydrogen-bond acceptors (Lipinski definition) is 4. The smallest absolute Gasteiger partial charge is 0.254 e. The number of rotatable bonds is 5. The third-order valence-corrected chi connectivity index (χ3v) is 6.62. The summed E-state index contributed by atoms with van der Waals surface area (Å²) in [4.78, 5) is 28.1. The quantitative estimate of drug-likeness (QED) is 0.799. The molecule has 7 heteroatoms. The van der Waals surface area contributed by atoms with Gasteiger partial charge in [0.1, 0.15) is 0 Å². The summed E-state index contributed by atoms with van der Waals surface area (Å²) >= 11 is 0. The van der Waals surface area contributed by atoms with Crippen LogP contribution in [0.1, 0.15) is 43.0 Å². The standard InChI is InChI=1S/C18H24N2O4S/c1-2-10-20(16-9-12-25(23,24)13-16)18(22)14-5-7-15(8-6-14)19-11-3-4-17(19)21/h5-8,16H,2-4,9-13H2,1H3/t16-/m0/s1. The van der Waals surface area contributed by atoms with E-state index in [0.717, 1.165) is 18.5 Å². The third-order valence-electron chi connectivity index (χ3n) is 4.87. The van der Waals surface area contributed by atoms with Crippen molar-refractivity contribution >= 4 is 27.3 Å². The Morgan fingerprint density at radius 3 is 2.52 bits per heavy atom. The van der Waals surface area contributed by atoms with Crippen LogP contribution >= 0.6 is 0 Å². The summed E-state index contributed by atoms with van der Waals surface area (Å²) in [5, 5.41) is 0. The molecule has 0 saturated carbocycles. The molecule has 136 valence electrons. The normalized spacial score (nSPS) is 22.4. The van der Waals surface area contributed by atoms with Gasteiger partial charge in [-0.15, -0.1) is 0 Å². The van der Waals surface area contributed by atoms with E-state index >= 15 is 0 Å². The van der Waals surface area contributed by atoms with E-state index in [4.69, 9.17) is 0 Å². The summed E-state index contributed by atoms with van der Waals surface area (Å²) in [7, 11) is -3.04. The molecule has 2 aliphatic rings. The van der Waals surface area contributed by atoms with E-state index in [1.807, 2.05) is 6.92 Å². The molecule has 1 atom stereocenters. The van der Waals surface area contributed by atoms with Crippen LogP contribution in [0.25, 0.3) is 0 Å². The van der Waals surface area contributed by atoms with Crippen LogP contribution in [-0.2, 0) is 14.6 Å². The summed E-state index contributed by atoms with van der Waals surface area (Å²) in [5.74, 6) is 0.186. The summed E-state index contributed by atoms with van der Waals surface area (Å²) in [6, 6.07) is 6.82. The minimum absolute atomic E-state index is 0.0547. The number of sulfone groups is 1. The minimum Gasteiger partial charge on any atom is -0.335 e.